The molecule has 0 bridgehead atoms. The number of hydrogen-bond acceptors (Lipinski definition) is 4. The summed E-state index contributed by atoms with van der Waals surface area (Å²) in [7, 11) is 3.40. The number of aromatic nitrogens is 1. The Hall–Kier alpha value is -4.06. The molecule has 0 aliphatic heterocycles. The fraction of sp³-hybridized carbons (Fsp3) is 0.472. The number of carboxylic acids is 1. The lowest BCUT2D eigenvalue weighted by Gasteiger charge is -2.27. The van der Waals surface area contributed by atoms with Gasteiger partial charge in [0.05, 0.1) is 18.0 Å². The first-order chi connectivity index (χ1) is 22.4. The summed E-state index contributed by atoms with van der Waals surface area (Å²) < 4.78 is 73.3. The summed E-state index contributed by atoms with van der Waals surface area (Å²) >= 11 is 0. The van der Waals surface area contributed by atoms with E-state index in [-0.39, 0.29) is 36.4 Å². The van der Waals surface area contributed by atoms with Crippen LogP contribution in [-0.2, 0) is 35.0 Å². The molecule has 2 aromatic carbocycles. The van der Waals surface area contributed by atoms with Gasteiger partial charge in [0, 0.05) is 24.4 Å². The van der Waals surface area contributed by atoms with E-state index in [9.17, 15) is 37.1 Å². The van der Waals surface area contributed by atoms with Crippen molar-refractivity contribution in [1.29, 1.82) is 0 Å². The highest BCUT2D eigenvalue weighted by Crippen LogP contribution is 2.41. The lowest BCUT2D eigenvalue weighted by atomic mass is 9.86. The van der Waals surface area contributed by atoms with Crippen LogP contribution >= 0.6 is 0 Å². The molecule has 1 heterocycles. The van der Waals surface area contributed by atoms with E-state index in [1.54, 1.807) is 46.7 Å². The van der Waals surface area contributed by atoms with Crippen molar-refractivity contribution in [2.75, 3.05) is 20.6 Å². The van der Waals surface area contributed by atoms with Gasteiger partial charge in [-0.05, 0) is 123 Å². The number of nitrogens with one attached hydrogen (secondary N) is 1. The molecule has 260 valence electrons. The highest BCUT2D eigenvalue weighted by molar-refractivity contribution is 5.82. The number of benzene rings is 2. The quantitative estimate of drug-likeness (QED) is 0.203. The lowest BCUT2D eigenvalue weighted by Crippen LogP contribution is -2.41. The van der Waals surface area contributed by atoms with Gasteiger partial charge in [0.2, 0.25) is 5.91 Å². The Morgan fingerprint density at radius 3 is 2.21 bits per heavy atom. The molecule has 1 aliphatic rings. The van der Waals surface area contributed by atoms with Crippen LogP contribution in [0.5, 0.6) is 0 Å². The summed E-state index contributed by atoms with van der Waals surface area (Å²) in [6.07, 6.45) is -2.84. The Balaban J connectivity index is 1.84. The van der Waals surface area contributed by atoms with Crippen LogP contribution in [0.3, 0.4) is 0 Å². The van der Waals surface area contributed by atoms with Gasteiger partial charge in [0.15, 0.2) is 0 Å². The largest absolute Gasteiger partial charge is 0.481 e. The molecule has 0 radical (unpaired) electrons. The van der Waals surface area contributed by atoms with E-state index in [1.807, 2.05) is 0 Å². The van der Waals surface area contributed by atoms with Gasteiger partial charge in [-0.3, -0.25) is 14.4 Å². The molecule has 0 spiro atoms. The van der Waals surface area contributed by atoms with Gasteiger partial charge in [-0.25, -0.2) is 8.78 Å². The Kier molecular flexibility index (Phi) is 11.2. The van der Waals surface area contributed by atoms with E-state index in [0.717, 1.165) is 16.3 Å². The van der Waals surface area contributed by atoms with E-state index < -0.39 is 59.3 Å². The maximum atomic E-state index is 16.3. The summed E-state index contributed by atoms with van der Waals surface area (Å²) in [6.45, 7) is 7.26. The van der Waals surface area contributed by atoms with Gasteiger partial charge in [0.1, 0.15) is 17.7 Å². The minimum Gasteiger partial charge on any atom is -0.481 e. The maximum absolute atomic E-state index is 16.3. The van der Waals surface area contributed by atoms with Crippen LogP contribution in [0.2, 0.25) is 0 Å². The van der Waals surface area contributed by atoms with Crippen molar-refractivity contribution in [2.24, 2.45) is 5.92 Å². The zero-order chi connectivity index (χ0) is 35.7. The number of carbonyl (C=O) groups excluding carboxylic acids is 1. The fourth-order valence-corrected chi connectivity index (χ4v) is 6.69. The minimum atomic E-state index is -4.80. The maximum Gasteiger partial charge on any atom is 0.416 e. The Morgan fingerprint density at radius 2 is 1.65 bits per heavy atom. The molecule has 48 heavy (non-hydrogen) atoms. The molecule has 0 unspecified atom stereocenters. The SMILES string of the molecule is Cc1cc(F)cc(C)c1-c1cc([C@@H](CC(=O)O)NC(=O)[C@H](CC(C)C)n2cc(CCN(C)C)c(C(F)(F)F)cc2=O)c(F)c2c1CCC2. The first-order valence-electron chi connectivity index (χ1n) is 16.0. The van der Waals surface area contributed by atoms with Gasteiger partial charge in [-0.1, -0.05) is 13.8 Å². The molecule has 2 N–H and O–H groups in total. The van der Waals surface area contributed by atoms with Crippen molar-refractivity contribution in [3.8, 4) is 11.1 Å². The van der Waals surface area contributed by atoms with Crippen LogP contribution in [0.1, 0.15) is 84.1 Å². The average molecular weight is 676 g/mol. The number of rotatable bonds is 12. The molecule has 3 aromatic rings. The van der Waals surface area contributed by atoms with E-state index in [1.165, 1.54) is 18.2 Å². The lowest BCUT2D eigenvalue weighted by molar-refractivity contribution is -0.139. The highest BCUT2D eigenvalue weighted by Gasteiger charge is 2.36. The number of halogens is 5. The van der Waals surface area contributed by atoms with Crippen LogP contribution in [0, 0.1) is 31.4 Å². The Labute approximate surface area is 276 Å². The summed E-state index contributed by atoms with van der Waals surface area (Å²) in [5.74, 6) is -3.43. The third-order valence-corrected chi connectivity index (χ3v) is 8.83. The van der Waals surface area contributed by atoms with E-state index in [2.05, 4.69) is 5.32 Å². The third kappa shape index (κ3) is 8.14. The van der Waals surface area contributed by atoms with E-state index in [0.29, 0.717) is 53.1 Å². The van der Waals surface area contributed by atoms with Gasteiger partial charge in [-0.15, -0.1) is 0 Å². The number of nitrogens with zero attached hydrogens (tertiary/aromatic N) is 2. The highest BCUT2D eigenvalue weighted by atomic mass is 19.4. The van der Waals surface area contributed by atoms with E-state index >= 15 is 4.39 Å². The second kappa shape index (κ2) is 14.6. The molecule has 4 rings (SSSR count). The third-order valence-electron chi connectivity index (χ3n) is 8.83. The number of likely N-dealkylation sites (N-methyl/N-ethyl adjacent to an activating group) is 1. The summed E-state index contributed by atoms with van der Waals surface area (Å²) in [5.41, 5.74) is 1.32. The normalized spacial score (nSPS) is 14.4. The molecule has 12 heteroatoms. The van der Waals surface area contributed by atoms with Gasteiger partial charge >= 0.3 is 12.1 Å². The van der Waals surface area contributed by atoms with E-state index in [4.69, 9.17) is 0 Å². The van der Waals surface area contributed by atoms with Crippen molar-refractivity contribution in [3.05, 3.63) is 91.4 Å². The van der Waals surface area contributed by atoms with Crippen LogP contribution in [0.25, 0.3) is 11.1 Å². The summed E-state index contributed by atoms with van der Waals surface area (Å²) in [4.78, 5) is 41.0. The summed E-state index contributed by atoms with van der Waals surface area (Å²) in [5, 5.41) is 12.5. The van der Waals surface area contributed by atoms with Crippen LogP contribution in [0.15, 0.2) is 35.3 Å². The van der Waals surface area contributed by atoms with Crippen LogP contribution < -0.4 is 10.9 Å². The molecule has 7 nitrogen and oxygen atoms in total. The first kappa shape index (κ1) is 36.8. The number of alkyl halides is 3. The number of hydrogen-bond donors (Lipinski definition) is 2. The van der Waals surface area contributed by atoms with Crippen molar-refractivity contribution in [1.82, 2.24) is 14.8 Å². The summed E-state index contributed by atoms with van der Waals surface area (Å²) in [6, 6.07) is 2.05. The molecule has 1 aliphatic carbocycles. The number of carbonyl (C=O) groups is 2. The average Bonchev–Trinajstić information content (AvgIpc) is 3.45. The molecule has 1 amide bonds. The molecular formula is C36H42F5N3O4. The van der Waals surface area contributed by atoms with Gasteiger partial charge in [-0.2, -0.15) is 13.2 Å². The van der Waals surface area contributed by atoms with Crippen LogP contribution in [0.4, 0.5) is 22.0 Å². The zero-order valence-electron chi connectivity index (χ0n) is 28.0. The minimum absolute atomic E-state index is 0.0376. The molecule has 0 saturated heterocycles. The second-order valence-electron chi connectivity index (χ2n) is 13.4. The number of pyridine rings is 1. The van der Waals surface area contributed by atoms with Crippen molar-refractivity contribution < 1.29 is 36.6 Å². The van der Waals surface area contributed by atoms with Crippen molar-refractivity contribution in [2.45, 2.75) is 84.5 Å². The fourth-order valence-electron chi connectivity index (χ4n) is 6.69. The number of carboxylic acid groups (broad SMARTS) is 1. The standard InChI is InChI=1S/C36H42F5N3O4/c1-19(2)12-30(44-18-22(10-11-43(5)6)28(16-31(44)45)36(39,40)41)35(48)42-29(17-32(46)47)27-15-26(24-8-7-9-25(24)34(27)38)33-20(3)13-23(37)14-21(33)4/h13-16,18-19,29-30H,7-12,17H2,1-6H3,(H,42,48)(H,46,47)/t29-,30+/m1/s1. The smallest absolute Gasteiger partial charge is 0.416 e. The first-order valence-corrected chi connectivity index (χ1v) is 16.0. The van der Waals surface area contributed by atoms with Gasteiger partial charge < -0.3 is 19.9 Å². The number of fused-ring (bicyclic) bond motifs is 1. The number of amides is 1. The monoisotopic (exact) mass is 675 g/mol. The Bertz CT molecular complexity index is 1740. The van der Waals surface area contributed by atoms with Gasteiger partial charge in [0.25, 0.3) is 5.56 Å². The number of aliphatic carboxylic acids is 1. The predicted octanol–water partition coefficient (Wildman–Crippen LogP) is 6.94. The second-order valence-corrected chi connectivity index (χ2v) is 13.4. The molecular weight excluding hydrogens is 633 g/mol. The Morgan fingerprint density at radius 1 is 1.02 bits per heavy atom. The van der Waals surface area contributed by atoms with Crippen LogP contribution in [-0.4, -0.2) is 47.1 Å². The molecule has 0 saturated carbocycles. The van der Waals surface area contributed by atoms with Crippen molar-refractivity contribution >= 4 is 11.9 Å². The van der Waals surface area contributed by atoms with Crippen molar-refractivity contribution in [3.63, 3.8) is 0 Å². The predicted molar refractivity (Wildman–Crippen MR) is 173 cm³/mol. The zero-order valence-corrected chi connectivity index (χ0v) is 28.0. The number of aryl methyl sites for hydroxylation is 2. The molecule has 1 aromatic heterocycles. The topological polar surface area (TPSA) is 91.6 Å². The molecule has 2 atom stereocenters. The molecule has 0 fully saturated rings.